The second-order valence-corrected chi connectivity index (χ2v) is 4.56. The number of benzene rings is 2. The third-order valence-electron chi connectivity index (χ3n) is 2.90. The van der Waals surface area contributed by atoms with Crippen molar-refractivity contribution in [1.29, 1.82) is 0 Å². The van der Waals surface area contributed by atoms with Gasteiger partial charge in [-0.25, -0.2) is 0 Å². The molecule has 2 aromatic carbocycles. The van der Waals surface area contributed by atoms with Crippen molar-refractivity contribution in [3.05, 3.63) is 54.1 Å². The summed E-state index contributed by atoms with van der Waals surface area (Å²) in [5.74, 6) is 1.23. The van der Waals surface area contributed by atoms with E-state index in [9.17, 15) is 4.79 Å². The SMILES string of the molecule is CCCOc1cccc(C(=O)Nc2cccc(OC)c2)c1. The molecule has 0 fully saturated rings. The molecule has 0 saturated heterocycles. The van der Waals surface area contributed by atoms with Crippen molar-refractivity contribution in [2.45, 2.75) is 13.3 Å². The second-order valence-electron chi connectivity index (χ2n) is 4.56. The molecule has 0 aliphatic carbocycles. The molecule has 0 atom stereocenters. The second kappa shape index (κ2) is 7.33. The summed E-state index contributed by atoms with van der Waals surface area (Å²) in [4.78, 5) is 12.2. The maximum absolute atomic E-state index is 12.2. The first-order valence-electron chi connectivity index (χ1n) is 6.91. The van der Waals surface area contributed by atoms with Crippen LogP contribution in [0, 0.1) is 0 Å². The Morgan fingerprint density at radius 2 is 1.86 bits per heavy atom. The van der Waals surface area contributed by atoms with Crippen molar-refractivity contribution in [2.75, 3.05) is 19.0 Å². The number of nitrogens with one attached hydrogen (secondary N) is 1. The average Bonchev–Trinajstić information content (AvgIpc) is 2.53. The van der Waals surface area contributed by atoms with Crippen molar-refractivity contribution in [2.24, 2.45) is 0 Å². The summed E-state index contributed by atoms with van der Waals surface area (Å²) in [5.41, 5.74) is 1.26. The van der Waals surface area contributed by atoms with Gasteiger partial charge in [-0.2, -0.15) is 0 Å². The van der Waals surface area contributed by atoms with Crippen LogP contribution in [0.25, 0.3) is 0 Å². The molecule has 0 aromatic heterocycles. The molecule has 110 valence electrons. The van der Waals surface area contributed by atoms with E-state index >= 15 is 0 Å². The molecule has 2 aromatic rings. The molecule has 4 heteroatoms. The number of methoxy groups -OCH3 is 1. The predicted octanol–water partition coefficient (Wildman–Crippen LogP) is 3.74. The molecule has 0 bridgehead atoms. The Labute approximate surface area is 124 Å². The zero-order valence-electron chi connectivity index (χ0n) is 12.3. The topological polar surface area (TPSA) is 47.6 Å². The van der Waals surface area contributed by atoms with E-state index < -0.39 is 0 Å². The third-order valence-corrected chi connectivity index (χ3v) is 2.90. The van der Waals surface area contributed by atoms with E-state index in [4.69, 9.17) is 9.47 Å². The molecular weight excluding hydrogens is 266 g/mol. The number of anilines is 1. The maximum Gasteiger partial charge on any atom is 0.255 e. The van der Waals surface area contributed by atoms with Gasteiger partial charge in [-0.15, -0.1) is 0 Å². The Morgan fingerprint density at radius 3 is 2.62 bits per heavy atom. The zero-order chi connectivity index (χ0) is 15.1. The smallest absolute Gasteiger partial charge is 0.255 e. The quantitative estimate of drug-likeness (QED) is 0.879. The van der Waals surface area contributed by atoms with Gasteiger partial charge in [0.2, 0.25) is 0 Å². The van der Waals surface area contributed by atoms with Gasteiger partial charge in [0.05, 0.1) is 13.7 Å². The number of carbonyl (C=O) groups excluding carboxylic acids is 1. The van der Waals surface area contributed by atoms with Gasteiger partial charge in [-0.1, -0.05) is 19.1 Å². The summed E-state index contributed by atoms with van der Waals surface area (Å²) in [7, 11) is 1.59. The highest BCUT2D eigenvalue weighted by Crippen LogP contribution is 2.19. The van der Waals surface area contributed by atoms with Gasteiger partial charge in [-0.3, -0.25) is 4.79 Å². The molecule has 0 heterocycles. The van der Waals surface area contributed by atoms with E-state index in [2.05, 4.69) is 5.32 Å². The first-order chi connectivity index (χ1) is 10.2. The van der Waals surface area contributed by atoms with Gasteiger partial charge in [-0.05, 0) is 36.8 Å². The van der Waals surface area contributed by atoms with Crippen LogP contribution < -0.4 is 14.8 Å². The molecule has 0 unspecified atom stereocenters. The van der Waals surface area contributed by atoms with E-state index in [1.54, 1.807) is 25.3 Å². The van der Waals surface area contributed by atoms with E-state index in [0.717, 1.165) is 6.42 Å². The Hall–Kier alpha value is -2.49. The highest BCUT2D eigenvalue weighted by molar-refractivity contribution is 6.04. The summed E-state index contributed by atoms with van der Waals surface area (Å²) >= 11 is 0. The number of ether oxygens (including phenoxy) is 2. The molecule has 0 aliphatic rings. The maximum atomic E-state index is 12.2. The standard InChI is InChI=1S/C17H19NO3/c1-3-10-21-16-9-4-6-13(11-16)17(19)18-14-7-5-8-15(12-14)20-2/h4-9,11-12H,3,10H2,1-2H3,(H,18,19). The molecule has 0 saturated carbocycles. The normalized spacial score (nSPS) is 10.0. The molecule has 1 amide bonds. The highest BCUT2D eigenvalue weighted by Gasteiger charge is 2.07. The van der Waals surface area contributed by atoms with Crippen molar-refractivity contribution in [1.82, 2.24) is 0 Å². The van der Waals surface area contributed by atoms with Gasteiger partial charge in [0.25, 0.3) is 5.91 Å². The lowest BCUT2D eigenvalue weighted by Gasteiger charge is -2.09. The summed E-state index contributed by atoms with van der Waals surface area (Å²) in [6.45, 7) is 2.68. The van der Waals surface area contributed by atoms with Crippen molar-refractivity contribution < 1.29 is 14.3 Å². The fourth-order valence-electron chi connectivity index (χ4n) is 1.85. The van der Waals surface area contributed by atoms with Gasteiger partial charge >= 0.3 is 0 Å². The molecule has 2 rings (SSSR count). The van der Waals surface area contributed by atoms with E-state index in [-0.39, 0.29) is 5.91 Å². The molecule has 0 aliphatic heterocycles. The molecule has 21 heavy (non-hydrogen) atoms. The summed E-state index contributed by atoms with van der Waals surface area (Å²) in [6, 6.07) is 14.4. The lowest BCUT2D eigenvalue weighted by molar-refractivity contribution is 0.102. The lowest BCUT2D eigenvalue weighted by atomic mass is 10.2. The van der Waals surface area contributed by atoms with Crippen LogP contribution in [-0.2, 0) is 0 Å². The summed E-state index contributed by atoms with van der Waals surface area (Å²) < 4.78 is 10.7. The number of amides is 1. The average molecular weight is 285 g/mol. The molecule has 0 spiro atoms. The monoisotopic (exact) mass is 285 g/mol. The fraction of sp³-hybridized carbons (Fsp3) is 0.235. The molecule has 0 radical (unpaired) electrons. The molecule has 4 nitrogen and oxygen atoms in total. The Kier molecular flexibility index (Phi) is 5.21. The third kappa shape index (κ3) is 4.24. The van der Waals surface area contributed by atoms with Gasteiger partial charge in [0, 0.05) is 17.3 Å². The van der Waals surface area contributed by atoms with Crippen molar-refractivity contribution in [3.63, 3.8) is 0 Å². The van der Waals surface area contributed by atoms with E-state index in [0.29, 0.717) is 29.4 Å². The van der Waals surface area contributed by atoms with E-state index in [1.807, 2.05) is 37.3 Å². The van der Waals surface area contributed by atoms with Crippen molar-refractivity contribution >= 4 is 11.6 Å². The largest absolute Gasteiger partial charge is 0.497 e. The predicted molar refractivity (Wildman–Crippen MR) is 83.2 cm³/mol. The first kappa shape index (κ1) is 14.9. The van der Waals surface area contributed by atoms with Crippen LogP contribution in [0.15, 0.2) is 48.5 Å². The van der Waals surface area contributed by atoms with Crippen LogP contribution in [0.3, 0.4) is 0 Å². The van der Waals surface area contributed by atoms with Gasteiger partial charge in [0.15, 0.2) is 0 Å². The van der Waals surface area contributed by atoms with E-state index in [1.165, 1.54) is 0 Å². The Balaban J connectivity index is 2.08. The van der Waals surface area contributed by atoms with Crippen LogP contribution in [0.4, 0.5) is 5.69 Å². The van der Waals surface area contributed by atoms with Crippen LogP contribution in [0.2, 0.25) is 0 Å². The van der Waals surface area contributed by atoms with Gasteiger partial charge < -0.3 is 14.8 Å². The first-order valence-corrected chi connectivity index (χ1v) is 6.91. The van der Waals surface area contributed by atoms with Crippen molar-refractivity contribution in [3.8, 4) is 11.5 Å². The van der Waals surface area contributed by atoms with Crippen LogP contribution in [0.1, 0.15) is 23.7 Å². The summed E-state index contributed by atoms with van der Waals surface area (Å²) in [6.07, 6.45) is 0.931. The minimum atomic E-state index is -0.176. The minimum Gasteiger partial charge on any atom is -0.497 e. The van der Waals surface area contributed by atoms with Crippen LogP contribution >= 0.6 is 0 Å². The lowest BCUT2D eigenvalue weighted by Crippen LogP contribution is -2.12. The zero-order valence-corrected chi connectivity index (χ0v) is 12.3. The van der Waals surface area contributed by atoms with Crippen LogP contribution in [-0.4, -0.2) is 19.6 Å². The number of carbonyl (C=O) groups is 1. The fourth-order valence-corrected chi connectivity index (χ4v) is 1.85. The Bertz CT molecular complexity index is 610. The molecular formula is C17H19NO3. The minimum absolute atomic E-state index is 0.176. The number of rotatable bonds is 6. The van der Waals surface area contributed by atoms with Crippen LogP contribution in [0.5, 0.6) is 11.5 Å². The highest BCUT2D eigenvalue weighted by atomic mass is 16.5. The number of hydrogen-bond acceptors (Lipinski definition) is 3. The molecule has 1 N–H and O–H groups in total. The Morgan fingerprint density at radius 1 is 1.10 bits per heavy atom. The summed E-state index contributed by atoms with van der Waals surface area (Å²) in [5, 5.41) is 2.84. The number of hydrogen-bond donors (Lipinski definition) is 1. The van der Waals surface area contributed by atoms with Gasteiger partial charge in [0.1, 0.15) is 11.5 Å².